The molecule has 0 bridgehead atoms. The number of aryl methyl sites for hydroxylation is 1. The first-order valence-electron chi connectivity index (χ1n) is 11.0. The Bertz CT molecular complexity index is 841. The Labute approximate surface area is 184 Å². The average Bonchev–Trinajstić information content (AvgIpc) is 2.81. The summed E-state index contributed by atoms with van der Waals surface area (Å²) in [6.45, 7) is 3.98. The van der Waals surface area contributed by atoms with Crippen LogP contribution in [0, 0.1) is 18.8 Å². The van der Waals surface area contributed by atoms with Crippen LogP contribution in [0.15, 0.2) is 48.5 Å². The molecule has 0 atom stereocenters. The molecule has 31 heavy (non-hydrogen) atoms. The summed E-state index contributed by atoms with van der Waals surface area (Å²) in [7, 11) is 1.61. The molecule has 0 heterocycles. The van der Waals surface area contributed by atoms with Gasteiger partial charge in [0.1, 0.15) is 5.75 Å². The van der Waals surface area contributed by atoms with Crippen LogP contribution in [0.3, 0.4) is 0 Å². The molecule has 3 N–H and O–H groups in total. The number of carbonyl (C=O) groups excluding carboxylic acids is 2. The molecule has 1 aliphatic carbocycles. The predicted molar refractivity (Wildman–Crippen MR) is 122 cm³/mol. The molecule has 3 rings (SSSR count). The second-order valence-electron chi connectivity index (χ2n) is 8.37. The van der Waals surface area contributed by atoms with Crippen LogP contribution in [0.1, 0.15) is 47.2 Å². The van der Waals surface area contributed by atoms with E-state index in [1.54, 1.807) is 31.4 Å². The molecule has 2 aromatic rings. The van der Waals surface area contributed by atoms with Gasteiger partial charge in [0, 0.05) is 25.2 Å². The van der Waals surface area contributed by atoms with E-state index >= 15 is 0 Å². The number of amides is 3. The highest BCUT2D eigenvalue weighted by atomic mass is 16.5. The van der Waals surface area contributed by atoms with Gasteiger partial charge >= 0.3 is 6.03 Å². The molecule has 1 saturated carbocycles. The van der Waals surface area contributed by atoms with E-state index in [1.807, 2.05) is 31.2 Å². The third kappa shape index (κ3) is 7.31. The summed E-state index contributed by atoms with van der Waals surface area (Å²) in [6, 6.07) is 15.2. The molecule has 1 aliphatic rings. The molecule has 0 radical (unpaired) electrons. The molecule has 166 valence electrons. The van der Waals surface area contributed by atoms with Gasteiger partial charge in [-0.2, -0.15) is 0 Å². The Morgan fingerprint density at radius 2 is 1.42 bits per heavy atom. The average molecular weight is 424 g/mol. The highest BCUT2D eigenvalue weighted by Crippen LogP contribution is 2.28. The van der Waals surface area contributed by atoms with Crippen LogP contribution in [-0.2, 0) is 6.54 Å². The second kappa shape index (κ2) is 11.4. The number of carbonyl (C=O) groups is 2. The highest BCUT2D eigenvalue weighted by molar-refractivity contribution is 5.94. The van der Waals surface area contributed by atoms with Crippen molar-refractivity contribution in [2.24, 2.45) is 11.8 Å². The lowest BCUT2D eigenvalue weighted by Crippen LogP contribution is -2.39. The van der Waals surface area contributed by atoms with Crippen LogP contribution in [0.25, 0.3) is 0 Å². The van der Waals surface area contributed by atoms with Crippen LogP contribution < -0.4 is 20.7 Å². The van der Waals surface area contributed by atoms with Gasteiger partial charge in [-0.15, -0.1) is 0 Å². The number of methoxy groups -OCH3 is 1. The molecule has 0 saturated heterocycles. The molecule has 0 spiro atoms. The summed E-state index contributed by atoms with van der Waals surface area (Å²) in [5.41, 5.74) is 2.96. The van der Waals surface area contributed by atoms with Crippen molar-refractivity contribution in [3.8, 4) is 5.75 Å². The van der Waals surface area contributed by atoms with E-state index < -0.39 is 0 Å². The number of nitrogens with one attached hydrogen (secondary N) is 3. The molecular formula is C25H33N3O3. The number of urea groups is 1. The van der Waals surface area contributed by atoms with E-state index in [2.05, 4.69) is 16.0 Å². The number of hydrogen-bond acceptors (Lipinski definition) is 3. The molecule has 6 nitrogen and oxygen atoms in total. The molecule has 1 fully saturated rings. The van der Waals surface area contributed by atoms with Gasteiger partial charge in [-0.25, -0.2) is 4.79 Å². The lowest BCUT2D eigenvalue weighted by molar-refractivity contribution is 0.0941. The van der Waals surface area contributed by atoms with Crippen LogP contribution in [0.2, 0.25) is 0 Å². The molecule has 0 aliphatic heterocycles. The predicted octanol–water partition coefficient (Wildman–Crippen LogP) is 4.04. The SMILES string of the molecule is COc1ccc(C(=O)NCC2CCC(CNC(=O)NCc3ccc(C)cc3)CC2)cc1. The number of ether oxygens (including phenoxy) is 1. The van der Waals surface area contributed by atoms with E-state index in [0.717, 1.165) is 37.0 Å². The fourth-order valence-electron chi connectivity index (χ4n) is 3.91. The largest absolute Gasteiger partial charge is 0.497 e. The van der Waals surface area contributed by atoms with Crippen molar-refractivity contribution in [1.82, 2.24) is 16.0 Å². The molecule has 3 amide bonds. The second-order valence-corrected chi connectivity index (χ2v) is 8.37. The maximum Gasteiger partial charge on any atom is 0.315 e. The maximum atomic E-state index is 12.3. The van der Waals surface area contributed by atoms with Crippen molar-refractivity contribution in [2.75, 3.05) is 20.2 Å². The van der Waals surface area contributed by atoms with E-state index in [-0.39, 0.29) is 11.9 Å². The summed E-state index contributed by atoms with van der Waals surface area (Å²) in [6.07, 6.45) is 4.28. The first-order valence-corrected chi connectivity index (χ1v) is 11.0. The van der Waals surface area contributed by atoms with Gasteiger partial charge < -0.3 is 20.7 Å². The summed E-state index contributed by atoms with van der Waals surface area (Å²) >= 11 is 0. The lowest BCUT2D eigenvalue weighted by atomic mass is 9.82. The van der Waals surface area contributed by atoms with E-state index in [0.29, 0.717) is 37.0 Å². The fraction of sp³-hybridized carbons (Fsp3) is 0.440. The fourth-order valence-corrected chi connectivity index (χ4v) is 3.91. The Kier molecular flexibility index (Phi) is 8.33. The smallest absolute Gasteiger partial charge is 0.315 e. The minimum atomic E-state index is -0.116. The highest BCUT2D eigenvalue weighted by Gasteiger charge is 2.22. The van der Waals surface area contributed by atoms with Crippen molar-refractivity contribution in [3.63, 3.8) is 0 Å². The van der Waals surface area contributed by atoms with Gasteiger partial charge in [-0.1, -0.05) is 29.8 Å². The van der Waals surface area contributed by atoms with Crippen molar-refractivity contribution >= 4 is 11.9 Å². The Balaban J connectivity index is 1.29. The lowest BCUT2D eigenvalue weighted by Gasteiger charge is -2.28. The number of hydrogen-bond donors (Lipinski definition) is 3. The first-order chi connectivity index (χ1) is 15.0. The van der Waals surface area contributed by atoms with Gasteiger partial charge in [-0.05, 0) is 74.3 Å². The quantitative estimate of drug-likeness (QED) is 0.600. The summed E-state index contributed by atoms with van der Waals surface area (Å²) in [5.74, 6) is 1.69. The van der Waals surface area contributed by atoms with Crippen molar-refractivity contribution < 1.29 is 14.3 Å². The minimum absolute atomic E-state index is 0.0447. The normalized spacial score (nSPS) is 18.1. The van der Waals surface area contributed by atoms with Crippen molar-refractivity contribution in [1.29, 1.82) is 0 Å². The van der Waals surface area contributed by atoms with Gasteiger partial charge in [0.15, 0.2) is 0 Å². The number of rotatable bonds is 8. The van der Waals surface area contributed by atoms with Gasteiger partial charge in [-0.3, -0.25) is 4.79 Å². The summed E-state index contributed by atoms with van der Waals surface area (Å²) in [5, 5.41) is 8.96. The molecule has 6 heteroatoms. The molecule has 0 unspecified atom stereocenters. The van der Waals surface area contributed by atoms with Crippen molar-refractivity contribution in [3.05, 3.63) is 65.2 Å². The van der Waals surface area contributed by atoms with Gasteiger partial charge in [0.05, 0.1) is 7.11 Å². The zero-order valence-electron chi connectivity index (χ0n) is 18.4. The Morgan fingerprint density at radius 3 is 2.00 bits per heavy atom. The third-order valence-electron chi connectivity index (χ3n) is 5.99. The maximum absolute atomic E-state index is 12.3. The monoisotopic (exact) mass is 423 g/mol. The van der Waals surface area contributed by atoms with Gasteiger partial charge in [0.2, 0.25) is 0 Å². The molecule has 0 aromatic heterocycles. The summed E-state index contributed by atoms with van der Waals surface area (Å²) in [4.78, 5) is 24.4. The Morgan fingerprint density at radius 1 is 0.839 bits per heavy atom. The first kappa shape index (κ1) is 22.7. The van der Waals surface area contributed by atoms with Crippen LogP contribution >= 0.6 is 0 Å². The van der Waals surface area contributed by atoms with Crippen LogP contribution in [-0.4, -0.2) is 32.1 Å². The van der Waals surface area contributed by atoms with E-state index in [4.69, 9.17) is 4.74 Å². The van der Waals surface area contributed by atoms with Crippen LogP contribution in [0.4, 0.5) is 4.79 Å². The molecule has 2 aromatic carbocycles. The topological polar surface area (TPSA) is 79.5 Å². The van der Waals surface area contributed by atoms with E-state index in [9.17, 15) is 9.59 Å². The summed E-state index contributed by atoms with van der Waals surface area (Å²) < 4.78 is 5.12. The zero-order valence-corrected chi connectivity index (χ0v) is 18.4. The van der Waals surface area contributed by atoms with Crippen molar-refractivity contribution in [2.45, 2.75) is 39.2 Å². The van der Waals surface area contributed by atoms with Crippen LogP contribution in [0.5, 0.6) is 5.75 Å². The minimum Gasteiger partial charge on any atom is -0.497 e. The standard InChI is InChI=1S/C25H33N3O3/c1-18-3-5-19(6-4-18)16-27-25(30)28-17-21-9-7-20(8-10-21)15-26-24(29)22-11-13-23(31-2)14-12-22/h3-6,11-14,20-21H,7-10,15-17H2,1-2H3,(H,26,29)(H2,27,28,30). The third-order valence-corrected chi connectivity index (χ3v) is 5.99. The van der Waals surface area contributed by atoms with E-state index in [1.165, 1.54) is 5.56 Å². The molecular weight excluding hydrogens is 390 g/mol. The number of benzene rings is 2. The zero-order chi connectivity index (χ0) is 22.1. The van der Waals surface area contributed by atoms with Gasteiger partial charge in [0.25, 0.3) is 5.91 Å². The Hall–Kier alpha value is -3.02.